The minimum Gasteiger partial charge on any atom is -0.870 e. The summed E-state index contributed by atoms with van der Waals surface area (Å²) in [6.07, 6.45) is 0. The molecular formula is H2Na2O4S. The van der Waals surface area contributed by atoms with Crippen molar-refractivity contribution >= 4 is 11.4 Å². The van der Waals surface area contributed by atoms with Gasteiger partial charge in [0.1, 0.15) is 0 Å². The average molecular weight is 144 g/mol. The summed E-state index contributed by atoms with van der Waals surface area (Å²) in [6.45, 7) is 0. The molecular weight excluding hydrogens is 142 g/mol. The Morgan fingerprint density at radius 3 is 1.43 bits per heavy atom. The van der Waals surface area contributed by atoms with Crippen LogP contribution in [0.4, 0.5) is 0 Å². The molecule has 1 atom stereocenters. The first-order valence-corrected chi connectivity index (χ1v) is 1.55. The number of hydrogen-bond acceptors (Lipinski definition) is 3. The minimum absolute atomic E-state index is 0. The third-order valence-corrected chi connectivity index (χ3v) is 0. The second-order valence-electron chi connectivity index (χ2n) is 0.217. The van der Waals surface area contributed by atoms with Crippen molar-refractivity contribution in [1.82, 2.24) is 0 Å². The van der Waals surface area contributed by atoms with E-state index in [1.165, 1.54) is 0 Å². The van der Waals surface area contributed by atoms with E-state index in [4.69, 9.17) is 13.3 Å². The van der Waals surface area contributed by atoms with Gasteiger partial charge in [0.15, 0.2) is 0 Å². The Morgan fingerprint density at radius 2 is 1.43 bits per heavy atom. The van der Waals surface area contributed by atoms with Crippen molar-refractivity contribution in [3.8, 4) is 0 Å². The van der Waals surface area contributed by atoms with Crippen LogP contribution in [0.15, 0.2) is 0 Å². The van der Waals surface area contributed by atoms with Crippen molar-refractivity contribution in [1.29, 1.82) is 0 Å². The predicted octanol–water partition coefficient (Wildman–Crippen LogP) is -6.83. The van der Waals surface area contributed by atoms with Crippen LogP contribution in [0, 0.1) is 0 Å². The molecule has 0 aromatic carbocycles. The fraction of sp³-hybridized carbons (Fsp3) is 0. The molecule has 0 aromatic heterocycles. The van der Waals surface area contributed by atoms with E-state index in [0.29, 0.717) is 0 Å². The Labute approximate surface area is 88.1 Å². The molecule has 0 bridgehead atoms. The van der Waals surface area contributed by atoms with Crippen LogP contribution in [0.1, 0.15) is 0 Å². The predicted molar refractivity (Wildman–Crippen MR) is 13.5 cm³/mol. The SMILES string of the molecule is O=S([O-])O.[Na+].[Na+].[OH-]. The van der Waals surface area contributed by atoms with E-state index in [2.05, 4.69) is 0 Å². The van der Waals surface area contributed by atoms with Crippen molar-refractivity contribution < 1.29 is 77.9 Å². The summed E-state index contributed by atoms with van der Waals surface area (Å²) < 4.78 is 24.1. The molecule has 0 heterocycles. The fourth-order valence-corrected chi connectivity index (χ4v) is 0. The summed E-state index contributed by atoms with van der Waals surface area (Å²) in [6, 6.07) is 0. The van der Waals surface area contributed by atoms with E-state index in [0.717, 1.165) is 0 Å². The van der Waals surface area contributed by atoms with Gasteiger partial charge < -0.3 is 14.6 Å². The van der Waals surface area contributed by atoms with Gasteiger partial charge in [-0.05, 0) is 0 Å². The zero-order valence-electron chi connectivity index (χ0n) is 4.12. The minimum atomic E-state index is -2.86. The van der Waals surface area contributed by atoms with Gasteiger partial charge in [-0.1, -0.05) is 0 Å². The van der Waals surface area contributed by atoms with Gasteiger partial charge in [0.2, 0.25) is 0 Å². The quantitative estimate of drug-likeness (QED) is 0.270. The molecule has 0 saturated heterocycles. The van der Waals surface area contributed by atoms with Gasteiger partial charge in [-0.2, -0.15) is 0 Å². The van der Waals surface area contributed by atoms with Crippen LogP contribution in [-0.4, -0.2) is 18.8 Å². The van der Waals surface area contributed by atoms with Gasteiger partial charge in [-0.25, -0.2) is 4.21 Å². The maximum Gasteiger partial charge on any atom is 1.00 e. The van der Waals surface area contributed by atoms with E-state index in [1.807, 2.05) is 0 Å². The maximum absolute atomic E-state index is 8.56. The first kappa shape index (κ1) is 23.0. The Bertz CT molecular complexity index is 32.7. The molecule has 0 aromatic rings. The van der Waals surface area contributed by atoms with E-state index in [-0.39, 0.29) is 64.6 Å². The largest absolute Gasteiger partial charge is 1.00 e. The van der Waals surface area contributed by atoms with Crippen LogP contribution in [0.25, 0.3) is 0 Å². The van der Waals surface area contributed by atoms with Gasteiger partial charge in [0.05, 0.1) is 11.4 Å². The van der Waals surface area contributed by atoms with Gasteiger partial charge in [-0.15, -0.1) is 0 Å². The molecule has 2 N–H and O–H groups in total. The number of rotatable bonds is 0. The van der Waals surface area contributed by atoms with Crippen LogP contribution in [0.5, 0.6) is 0 Å². The molecule has 0 fully saturated rings. The molecule has 34 valence electrons. The van der Waals surface area contributed by atoms with E-state index < -0.39 is 11.4 Å². The summed E-state index contributed by atoms with van der Waals surface area (Å²) in [4.78, 5) is 0. The summed E-state index contributed by atoms with van der Waals surface area (Å²) in [5.41, 5.74) is 0. The number of hydrogen-bond donors (Lipinski definition) is 1. The van der Waals surface area contributed by atoms with Gasteiger partial charge >= 0.3 is 59.1 Å². The molecule has 0 aliphatic rings. The molecule has 4 nitrogen and oxygen atoms in total. The van der Waals surface area contributed by atoms with Crippen molar-refractivity contribution in [2.24, 2.45) is 0 Å². The summed E-state index contributed by atoms with van der Waals surface area (Å²) in [5.74, 6) is 0. The second-order valence-corrected chi connectivity index (χ2v) is 0.651. The molecule has 0 radical (unpaired) electrons. The van der Waals surface area contributed by atoms with Crippen LogP contribution >= 0.6 is 0 Å². The zero-order valence-corrected chi connectivity index (χ0v) is 8.94. The fourth-order valence-electron chi connectivity index (χ4n) is 0. The second kappa shape index (κ2) is 15.7. The average Bonchev–Trinajstić information content (AvgIpc) is 0.811. The maximum atomic E-state index is 8.56. The molecule has 7 heteroatoms. The van der Waals surface area contributed by atoms with Gasteiger partial charge in [0, 0.05) is 0 Å². The van der Waals surface area contributed by atoms with Crippen LogP contribution < -0.4 is 59.1 Å². The molecule has 0 aliphatic heterocycles. The van der Waals surface area contributed by atoms with Crippen LogP contribution in [0.3, 0.4) is 0 Å². The molecule has 7 heavy (non-hydrogen) atoms. The third-order valence-electron chi connectivity index (χ3n) is 0. The topological polar surface area (TPSA) is 90.4 Å². The summed E-state index contributed by atoms with van der Waals surface area (Å²) in [5, 5.41) is 0. The van der Waals surface area contributed by atoms with E-state index >= 15 is 0 Å². The van der Waals surface area contributed by atoms with Gasteiger partial charge in [0.25, 0.3) is 0 Å². The summed E-state index contributed by atoms with van der Waals surface area (Å²) in [7, 11) is 0. The molecule has 0 aliphatic carbocycles. The van der Waals surface area contributed by atoms with E-state index in [1.54, 1.807) is 0 Å². The van der Waals surface area contributed by atoms with Crippen molar-refractivity contribution in [3.63, 3.8) is 0 Å². The Morgan fingerprint density at radius 1 is 1.43 bits per heavy atom. The first-order valence-electron chi connectivity index (χ1n) is 0.516. The third kappa shape index (κ3) is 70.9. The van der Waals surface area contributed by atoms with Gasteiger partial charge in [-0.3, -0.25) is 0 Å². The standard InChI is InChI=1S/2Na.H2O3S.H2O/c;;1-4(2)3;/h;;(H2,1,2,3);1H2/q2*+1;;/p-2. The normalized spacial score (nSPS) is 8.86. The Hall–Kier alpha value is 2.03. The Balaban J connectivity index is -0.0000000150. The molecule has 0 spiro atoms. The van der Waals surface area contributed by atoms with Crippen molar-refractivity contribution in [3.05, 3.63) is 0 Å². The molecule has 0 amide bonds. The van der Waals surface area contributed by atoms with Crippen molar-refractivity contribution in [2.45, 2.75) is 0 Å². The van der Waals surface area contributed by atoms with E-state index in [9.17, 15) is 0 Å². The van der Waals surface area contributed by atoms with Crippen LogP contribution in [0.2, 0.25) is 0 Å². The molecule has 0 rings (SSSR count). The van der Waals surface area contributed by atoms with Crippen LogP contribution in [-0.2, 0) is 11.4 Å². The Kier molecular flexibility index (Phi) is 51.6. The smallest absolute Gasteiger partial charge is 0.870 e. The molecule has 0 saturated carbocycles. The zero-order chi connectivity index (χ0) is 3.58. The first-order chi connectivity index (χ1) is 1.73. The summed E-state index contributed by atoms with van der Waals surface area (Å²) >= 11 is -2.86. The monoisotopic (exact) mass is 144 g/mol. The molecule has 1 unspecified atom stereocenters. The van der Waals surface area contributed by atoms with Crippen molar-refractivity contribution in [2.75, 3.05) is 0 Å².